The summed E-state index contributed by atoms with van der Waals surface area (Å²) in [6, 6.07) is 18.8. The van der Waals surface area contributed by atoms with Crippen molar-refractivity contribution in [3.8, 4) is 0 Å². The molecule has 20 heavy (non-hydrogen) atoms. The van der Waals surface area contributed by atoms with Crippen LogP contribution in [0.25, 0.3) is 0 Å². The summed E-state index contributed by atoms with van der Waals surface area (Å²) < 4.78 is 0. The van der Waals surface area contributed by atoms with Crippen molar-refractivity contribution >= 4 is 5.71 Å². The van der Waals surface area contributed by atoms with Crippen molar-refractivity contribution in [2.75, 3.05) is 0 Å². The second kappa shape index (κ2) is 5.12. The fourth-order valence-electron chi connectivity index (χ4n) is 2.67. The summed E-state index contributed by atoms with van der Waals surface area (Å²) in [5, 5.41) is 4.35. The van der Waals surface area contributed by atoms with Crippen LogP contribution in [0.5, 0.6) is 0 Å². The first-order valence-corrected chi connectivity index (χ1v) is 7.11. The maximum Gasteiger partial charge on any atom is 0.168 e. The maximum absolute atomic E-state index is 5.87. The van der Waals surface area contributed by atoms with Crippen LogP contribution in [-0.2, 0) is 10.4 Å². The highest BCUT2D eigenvalue weighted by atomic mass is 16.7. The van der Waals surface area contributed by atoms with Gasteiger partial charge >= 0.3 is 0 Å². The SMILES string of the molecule is CC[C@@]1(c2ccc(C)cc2)CC(c2ccccc2)=NO1. The molecule has 0 saturated carbocycles. The Labute approximate surface area is 120 Å². The summed E-state index contributed by atoms with van der Waals surface area (Å²) in [6.07, 6.45) is 1.74. The second-order valence-corrected chi connectivity index (χ2v) is 5.39. The lowest BCUT2D eigenvalue weighted by Crippen LogP contribution is -2.25. The van der Waals surface area contributed by atoms with Crippen LogP contribution in [0.4, 0.5) is 0 Å². The van der Waals surface area contributed by atoms with E-state index in [-0.39, 0.29) is 5.60 Å². The summed E-state index contributed by atoms with van der Waals surface area (Å²) in [6.45, 7) is 4.26. The zero-order chi connectivity index (χ0) is 14.0. The van der Waals surface area contributed by atoms with Crippen LogP contribution in [0.1, 0.15) is 36.5 Å². The van der Waals surface area contributed by atoms with Gasteiger partial charge in [0.15, 0.2) is 5.60 Å². The minimum absolute atomic E-state index is 0.307. The van der Waals surface area contributed by atoms with Crippen LogP contribution in [-0.4, -0.2) is 5.71 Å². The van der Waals surface area contributed by atoms with E-state index in [4.69, 9.17) is 4.84 Å². The lowest BCUT2D eigenvalue weighted by molar-refractivity contribution is -0.0263. The smallest absolute Gasteiger partial charge is 0.168 e. The minimum Gasteiger partial charge on any atom is -0.384 e. The van der Waals surface area contributed by atoms with E-state index in [0.717, 1.165) is 24.1 Å². The van der Waals surface area contributed by atoms with Crippen molar-refractivity contribution in [3.05, 3.63) is 71.3 Å². The van der Waals surface area contributed by atoms with Crippen molar-refractivity contribution in [3.63, 3.8) is 0 Å². The molecule has 0 unspecified atom stereocenters. The third-order valence-corrected chi connectivity index (χ3v) is 4.04. The quantitative estimate of drug-likeness (QED) is 0.804. The Morgan fingerprint density at radius 1 is 1.05 bits per heavy atom. The van der Waals surface area contributed by atoms with Gasteiger partial charge in [-0.2, -0.15) is 0 Å². The summed E-state index contributed by atoms with van der Waals surface area (Å²) >= 11 is 0. The number of benzene rings is 2. The molecule has 2 aromatic rings. The first kappa shape index (κ1) is 12.9. The Bertz CT molecular complexity index is 616. The van der Waals surface area contributed by atoms with Gasteiger partial charge in [-0.05, 0) is 24.5 Å². The molecule has 1 aliphatic heterocycles. The first-order chi connectivity index (χ1) is 9.73. The molecule has 0 bridgehead atoms. The van der Waals surface area contributed by atoms with Crippen LogP contribution in [0.3, 0.4) is 0 Å². The highest BCUT2D eigenvalue weighted by Gasteiger charge is 2.39. The van der Waals surface area contributed by atoms with Crippen LogP contribution >= 0.6 is 0 Å². The molecule has 0 fully saturated rings. The maximum atomic E-state index is 5.87. The molecular formula is C18H19NO. The zero-order valence-corrected chi connectivity index (χ0v) is 12.0. The van der Waals surface area contributed by atoms with E-state index in [0.29, 0.717) is 0 Å². The van der Waals surface area contributed by atoms with Gasteiger partial charge in [-0.3, -0.25) is 0 Å². The molecule has 0 radical (unpaired) electrons. The summed E-state index contributed by atoms with van der Waals surface area (Å²) in [5.74, 6) is 0. The van der Waals surface area contributed by atoms with E-state index in [1.54, 1.807) is 0 Å². The van der Waals surface area contributed by atoms with E-state index in [2.05, 4.69) is 55.4 Å². The van der Waals surface area contributed by atoms with Gasteiger partial charge in [0.1, 0.15) is 0 Å². The number of hydrogen-bond donors (Lipinski definition) is 0. The summed E-state index contributed by atoms with van der Waals surface area (Å²) in [7, 11) is 0. The Morgan fingerprint density at radius 3 is 2.40 bits per heavy atom. The Balaban J connectivity index is 1.89. The molecule has 2 heteroatoms. The standard InChI is InChI=1S/C18H19NO/c1-3-18(16-11-9-14(2)10-12-16)13-17(19-20-18)15-7-5-4-6-8-15/h4-12H,3,13H2,1-2H3/t18-/m0/s1. The molecule has 1 aliphatic rings. The number of rotatable bonds is 3. The zero-order valence-electron chi connectivity index (χ0n) is 12.0. The topological polar surface area (TPSA) is 21.6 Å². The van der Waals surface area contributed by atoms with Gasteiger partial charge < -0.3 is 4.84 Å². The lowest BCUT2D eigenvalue weighted by atomic mass is 9.85. The molecular weight excluding hydrogens is 246 g/mol. The van der Waals surface area contributed by atoms with Crippen molar-refractivity contribution in [2.24, 2.45) is 5.16 Å². The molecule has 1 heterocycles. The molecule has 0 N–H and O–H groups in total. The van der Waals surface area contributed by atoms with Crippen LogP contribution in [0.15, 0.2) is 59.8 Å². The van der Waals surface area contributed by atoms with Crippen molar-refractivity contribution in [1.82, 2.24) is 0 Å². The Morgan fingerprint density at radius 2 is 1.75 bits per heavy atom. The summed E-state index contributed by atoms with van der Waals surface area (Å²) in [5.41, 5.74) is 4.35. The van der Waals surface area contributed by atoms with E-state index >= 15 is 0 Å². The highest BCUT2D eigenvalue weighted by Crippen LogP contribution is 2.39. The molecule has 0 aliphatic carbocycles. The lowest BCUT2D eigenvalue weighted by Gasteiger charge is -2.25. The average Bonchev–Trinajstić information content (AvgIpc) is 2.95. The first-order valence-electron chi connectivity index (χ1n) is 7.11. The van der Waals surface area contributed by atoms with Gasteiger partial charge in [0.05, 0.1) is 5.71 Å². The van der Waals surface area contributed by atoms with Gasteiger partial charge in [-0.1, -0.05) is 72.2 Å². The van der Waals surface area contributed by atoms with Crippen LogP contribution < -0.4 is 0 Å². The highest BCUT2D eigenvalue weighted by molar-refractivity contribution is 6.01. The number of nitrogens with zero attached hydrogens (tertiary/aromatic N) is 1. The second-order valence-electron chi connectivity index (χ2n) is 5.39. The van der Waals surface area contributed by atoms with Gasteiger partial charge in [0.25, 0.3) is 0 Å². The molecule has 0 spiro atoms. The van der Waals surface area contributed by atoms with E-state index in [9.17, 15) is 0 Å². The average molecular weight is 265 g/mol. The normalized spacial score (nSPS) is 21.4. The molecule has 0 amide bonds. The fraction of sp³-hybridized carbons (Fsp3) is 0.278. The fourth-order valence-corrected chi connectivity index (χ4v) is 2.67. The van der Waals surface area contributed by atoms with Gasteiger partial charge in [0, 0.05) is 6.42 Å². The Kier molecular flexibility index (Phi) is 3.31. The number of oxime groups is 1. The van der Waals surface area contributed by atoms with Crippen molar-refractivity contribution in [2.45, 2.75) is 32.3 Å². The van der Waals surface area contributed by atoms with Gasteiger partial charge in [0.2, 0.25) is 0 Å². The number of hydrogen-bond acceptors (Lipinski definition) is 2. The monoisotopic (exact) mass is 265 g/mol. The largest absolute Gasteiger partial charge is 0.384 e. The predicted molar refractivity (Wildman–Crippen MR) is 81.8 cm³/mol. The Hall–Kier alpha value is -2.09. The van der Waals surface area contributed by atoms with E-state index < -0.39 is 0 Å². The van der Waals surface area contributed by atoms with Crippen molar-refractivity contribution in [1.29, 1.82) is 0 Å². The number of aryl methyl sites for hydroxylation is 1. The molecule has 0 saturated heterocycles. The van der Waals surface area contributed by atoms with Gasteiger partial charge in [-0.25, -0.2) is 0 Å². The van der Waals surface area contributed by atoms with Crippen LogP contribution in [0.2, 0.25) is 0 Å². The molecule has 102 valence electrons. The molecule has 3 rings (SSSR count). The third-order valence-electron chi connectivity index (χ3n) is 4.04. The molecule has 2 aromatic carbocycles. The third kappa shape index (κ3) is 2.22. The van der Waals surface area contributed by atoms with Crippen LogP contribution in [0, 0.1) is 6.92 Å². The van der Waals surface area contributed by atoms with Crippen molar-refractivity contribution < 1.29 is 4.84 Å². The van der Waals surface area contributed by atoms with E-state index in [1.165, 1.54) is 11.1 Å². The molecule has 0 aromatic heterocycles. The molecule has 1 atom stereocenters. The molecule has 2 nitrogen and oxygen atoms in total. The van der Waals surface area contributed by atoms with E-state index in [1.807, 2.05) is 18.2 Å². The predicted octanol–water partition coefficient (Wildman–Crippen LogP) is 4.42. The summed E-state index contributed by atoms with van der Waals surface area (Å²) in [4.78, 5) is 5.87. The minimum atomic E-state index is -0.307. The van der Waals surface area contributed by atoms with Gasteiger partial charge in [-0.15, -0.1) is 0 Å².